The second kappa shape index (κ2) is 8.81. The topological polar surface area (TPSA) is 59.1 Å². The number of carbonyl (C=O) groups excluding carboxylic acids is 2. The molecule has 31 heavy (non-hydrogen) atoms. The molecule has 1 heterocycles. The SMILES string of the molecule is COc1ccc(OC)c(N2CC(=O)N(c3ccc(Br)cc3)[C@@H](c3ccccc3)C2=O)c1. The number of benzene rings is 3. The third kappa shape index (κ3) is 4.01. The Balaban J connectivity index is 1.83. The van der Waals surface area contributed by atoms with Crippen molar-refractivity contribution in [1.82, 2.24) is 0 Å². The molecule has 0 aliphatic carbocycles. The summed E-state index contributed by atoms with van der Waals surface area (Å²) in [5.74, 6) is 0.648. The Morgan fingerprint density at radius 2 is 1.61 bits per heavy atom. The normalized spacial score (nSPS) is 16.4. The van der Waals surface area contributed by atoms with Crippen LogP contribution < -0.4 is 19.3 Å². The van der Waals surface area contributed by atoms with E-state index in [1.807, 2.05) is 54.6 Å². The lowest BCUT2D eigenvalue weighted by atomic mass is 9.99. The number of rotatable bonds is 5. The molecule has 1 atom stereocenters. The van der Waals surface area contributed by atoms with Crippen molar-refractivity contribution in [3.05, 3.63) is 82.8 Å². The van der Waals surface area contributed by atoms with E-state index in [9.17, 15) is 9.59 Å². The zero-order valence-corrected chi connectivity index (χ0v) is 18.7. The van der Waals surface area contributed by atoms with Gasteiger partial charge in [-0.25, -0.2) is 0 Å². The van der Waals surface area contributed by atoms with Gasteiger partial charge in [0.05, 0.1) is 19.9 Å². The molecule has 1 fully saturated rings. The summed E-state index contributed by atoms with van der Waals surface area (Å²) in [5.41, 5.74) is 1.89. The maximum atomic E-state index is 13.8. The van der Waals surface area contributed by atoms with Crippen LogP contribution in [0.2, 0.25) is 0 Å². The number of hydrogen-bond acceptors (Lipinski definition) is 4. The van der Waals surface area contributed by atoms with Crippen molar-refractivity contribution in [2.24, 2.45) is 0 Å². The molecule has 7 heteroatoms. The molecule has 0 saturated carbocycles. The maximum absolute atomic E-state index is 13.8. The van der Waals surface area contributed by atoms with Gasteiger partial charge in [0, 0.05) is 16.2 Å². The third-order valence-electron chi connectivity index (χ3n) is 5.22. The molecular weight excluding hydrogens is 460 g/mol. The van der Waals surface area contributed by atoms with Crippen molar-refractivity contribution < 1.29 is 19.1 Å². The summed E-state index contributed by atoms with van der Waals surface area (Å²) in [6.45, 7) is -0.109. The van der Waals surface area contributed by atoms with Crippen LogP contribution in [0.1, 0.15) is 11.6 Å². The summed E-state index contributed by atoms with van der Waals surface area (Å²) < 4.78 is 11.7. The highest BCUT2D eigenvalue weighted by molar-refractivity contribution is 9.10. The first-order valence-corrected chi connectivity index (χ1v) is 10.5. The predicted octanol–water partition coefficient (Wildman–Crippen LogP) is 4.59. The van der Waals surface area contributed by atoms with Crippen LogP contribution in [0.3, 0.4) is 0 Å². The van der Waals surface area contributed by atoms with Crippen molar-refractivity contribution in [3.8, 4) is 11.5 Å². The molecule has 6 nitrogen and oxygen atoms in total. The number of anilines is 2. The van der Waals surface area contributed by atoms with Gasteiger partial charge in [-0.05, 0) is 42.0 Å². The molecule has 0 spiro atoms. The van der Waals surface area contributed by atoms with E-state index >= 15 is 0 Å². The molecule has 158 valence electrons. The number of halogens is 1. The Bertz CT molecular complexity index is 1100. The highest BCUT2D eigenvalue weighted by atomic mass is 79.9. The van der Waals surface area contributed by atoms with Crippen molar-refractivity contribution >= 4 is 39.1 Å². The molecule has 4 rings (SSSR count). The highest BCUT2D eigenvalue weighted by Gasteiger charge is 2.42. The van der Waals surface area contributed by atoms with Crippen LogP contribution in [0.5, 0.6) is 11.5 Å². The molecule has 1 aliphatic rings. The largest absolute Gasteiger partial charge is 0.497 e. The van der Waals surface area contributed by atoms with Gasteiger partial charge in [0.2, 0.25) is 5.91 Å². The first kappa shape index (κ1) is 20.9. The summed E-state index contributed by atoms with van der Waals surface area (Å²) in [6.07, 6.45) is 0. The number of amides is 2. The first-order chi connectivity index (χ1) is 15.0. The van der Waals surface area contributed by atoms with Crippen LogP contribution in [-0.4, -0.2) is 32.6 Å². The monoisotopic (exact) mass is 480 g/mol. The smallest absolute Gasteiger partial charge is 0.255 e. The van der Waals surface area contributed by atoms with Crippen LogP contribution in [0, 0.1) is 0 Å². The van der Waals surface area contributed by atoms with Crippen LogP contribution in [0.15, 0.2) is 77.3 Å². The molecular formula is C24H21BrN2O4. The van der Waals surface area contributed by atoms with Gasteiger partial charge in [0.15, 0.2) is 0 Å². The Morgan fingerprint density at radius 1 is 0.903 bits per heavy atom. The van der Waals surface area contributed by atoms with E-state index < -0.39 is 6.04 Å². The molecule has 0 unspecified atom stereocenters. The van der Waals surface area contributed by atoms with Gasteiger partial charge in [0.1, 0.15) is 24.1 Å². The van der Waals surface area contributed by atoms with Crippen LogP contribution in [0.25, 0.3) is 0 Å². The average molecular weight is 481 g/mol. The third-order valence-corrected chi connectivity index (χ3v) is 5.75. The minimum Gasteiger partial charge on any atom is -0.497 e. The zero-order valence-electron chi connectivity index (χ0n) is 17.1. The second-order valence-corrected chi connectivity index (χ2v) is 7.93. The van der Waals surface area contributed by atoms with Gasteiger partial charge >= 0.3 is 0 Å². The fourth-order valence-electron chi connectivity index (χ4n) is 3.72. The minimum atomic E-state index is -0.806. The fraction of sp³-hybridized carbons (Fsp3) is 0.167. The maximum Gasteiger partial charge on any atom is 0.255 e. The Kier molecular flexibility index (Phi) is 5.95. The molecule has 0 N–H and O–H groups in total. The van der Waals surface area contributed by atoms with E-state index in [0.29, 0.717) is 22.9 Å². The fourth-order valence-corrected chi connectivity index (χ4v) is 3.99. The Morgan fingerprint density at radius 3 is 2.26 bits per heavy atom. The number of nitrogens with zero attached hydrogens (tertiary/aromatic N) is 2. The lowest BCUT2D eigenvalue weighted by Gasteiger charge is -2.40. The highest BCUT2D eigenvalue weighted by Crippen LogP contribution is 2.39. The van der Waals surface area contributed by atoms with E-state index in [4.69, 9.17) is 9.47 Å². The number of ether oxygens (including phenoxy) is 2. The predicted molar refractivity (Wildman–Crippen MR) is 123 cm³/mol. The summed E-state index contributed by atoms with van der Waals surface area (Å²) in [4.78, 5) is 30.2. The lowest BCUT2D eigenvalue weighted by Crippen LogP contribution is -2.56. The molecule has 2 amide bonds. The molecule has 3 aromatic rings. The van der Waals surface area contributed by atoms with E-state index in [2.05, 4.69) is 15.9 Å². The van der Waals surface area contributed by atoms with E-state index in [1.165, 1.54) is 12.0 Å². The summed E-state index contributed by atoms with van der Waals surface area (Å²) >= 11 is 3.42. The first-order valence-electron chi connectivity index (χ1n) is 9.69. The Labute approximate surface area is 189 Å². The number of piperazine rings is 1. The van der Waals surface area contributed by atoms with E-state index in [0.717, 1.165) is 10.0 Å². The van der Waals surface area contributed by atoms with E-state index in [-0.39, 0.29) is 18.4 Å². The van der Waals surface area contributed by atoms with E-state index in [1.54, 1.807) is 30.2 Å². The number of hydrogen-bond donors (Lipinski definition) is 0. The van der Waals surface area contributed by atoms with Crippen LogP contribution in [0.4, 0.5) is 11.4 Å². The van der Waals surface area contributed by atoms with Gasteiger partial charge < -0.3 is 9.47 Å². The summed E-state index contributed by atoms with van der Waals surface area (Å²) in [7, 11) is 3.08. The number of carbonyl (C=O) groups is 2. The number of methoxy groups -OCH3 is 2. The van der Waals surface area contributed by atoms with Crippen molar-refractivity contribution in [1.29, 1.82) is 0 Å². The molecule has 0 radical (unpaired) electrons. The zero-order chi connectivity index (χ0) is 22.0. The van der Waals surface area contributed by atoms with Gasteiger partial charge in [0.25, 0.3) is 5.91 Å². The summed E-state index contributed by atoms with van der Waals surface area (Å²) in [6, 6.07) is 21.1. The molecule has 1 aliphatic heterocycles. The standard InChI is InChI=1S/C24H21BrN2O4/c1-30-19-12-13-21(31-2)20(14-19)26-15-22(28)27(18-10-8-17(25)9-11-18)23(24(26)29)16-6-4-3-5-7-16/h3-14,23H,15H2,1-2H3/t23-/m0/s1. The molecule has 3 aromatic carbocycles. The van der Waals surface area contributed by atoms with Crippen molar-refractivity contribution in [2.45, 2.75) is 6.04 Å². The van der Waals surface area contributed by atoms with Crippen molar-refractivity contribution in [3.63, 3.8) is 0 Å². The van der Waals surface area contributed by atoms with Gasteiger partial charge in [-0.1, -0.05) is 46.3 Å². The lowest BCUT2D eigenvalue weighted by molar-refractivity contribution is -0.128. The van der Waals surface area contributed by atoms with Gasteiger partial charge in [-0.2, -0.15) is 0 Å². The quantitative estimate of drug-likeness (QED) is 0.535. The van der Waals surface area contributed by atoms with Gasteiger partial charge in [-0.15, -0.1) is 0 Å². The summed E-state index contributed by atoms with van der Waals surface area (Å²) in [5, 5.41) is 0. The van der Waals surface area contributed by atoms with Gasteiger partial charge in [-0.3, -0.25) is 19.4 Å². The minimum absolute atomic E-state index is 0.109. The van der Waals surface area contributed by atoms with Crippen LogP contribution in [-0.2, 0) is 9.59 Å². The molecule has 1 saturated heterocycles. The Hall–Kier alpha value is -3.32. The molecule has 0 bridgehead atoms. The average Bonchev–Trinajstić information content (AvgIpc) is 2.81. The second-order valence-electron chi connectivity index (χ2n) is 7.02. The van der Waals surface area contributed by atoms with Crippen molar-refractivity contribution in [2.75, 3.05) is 30.6 Å². The molecule has 0 aromatic heterocycles. The van der Waals surface area contributed by atoms with Crippen LogP contribution >= 0.6 is 15.9 Å².